The van der Waals surface area contributed by atoms with Crippen molar-refractivity contribution in [3.8, 4) is 0 Å². The standard InChI is InChI=1S/C25H33N5O4S2/c1-17(2)22-23-20(30(25(22)32)36(3,33)34)9-10-29(23)24(31)19-16-35-21(26-19)15-27-11-13-28(14-12-27)18-7-5-4-6-8-18/h4-8,16-17,20,22-23H,9-15H2,1-3H3/t20-,22+,23-/m1/s1. The predicted molar refractivity (Wildman–Crippen MR) is 139 cm³/mol. The molecule has 3 fully saturated rings. The van der Waals surface area contributed by atoms with Crippen LogP contribution in [0.1, 0.15) is 35.8 Å². The van der Waals surface area contributed by atoms with E-state index in [9.17, 15) is 18.0 Å². The summed E-state index contributed by atoms with van der Waals surface area (Å²) in [6.07, 6.45) is 1.53. The SMILES string of the molecule is CC(C)[C@@H]1C(=O)N(S(C)(=O)=O)[C@@H]2CCN(C(=O)c3csc(CN4CCN(c5ccccc5)CC4)n3)[C@H]21. The largest absolute Gasteiger partial charge is 0.369 e. The van der Waals surface area contributed by atoms with Gasteiger partial charge in [0, 0.05) is 43.8 Å². The number of thiazole rings is 1. The number of nitrogens with zero attached hydrogens (tertiary/aromatic N) is 5. The van der Waals surface area contributed by atoms with Crippen LogP contribution in [0.3, 0.4) is 0 Å². The van der Waals surface area contributed by atoms with Crippen molar-refractivity contribution in [3.63, 3.8) is 0 Å². The minimum Gasteiger partial charge on any atom is -0.369 e. The van der Waals surface area contributed by atoms with E-state index in [0.717, 1.165) is 41.7 Å². The van der Waals surface area contributed by atoms with Gasteiger partial charge in [-0.15, -0.1) is 11.3 Å². The lowest BCUT2D eigenvalue weighted by Crippen LogP contribution is -2.46. The third kappa shape index (κ3) is 4.64. The zero-order valence-corrected chi connectivity index (χ0v) is 22.5. The second-order valence-corrected chi connectivity index (χ2v) is 13.0. The topological polar surface area (TPSA) is 94.1 Å². The molecular weight excluding hydrogens is 498 g/mol. The van der Waals surface area contributed by atoms with Gasteiger partial charge in [0.05, 0.1) is 30.8 Å². The average molecular weight is 532 g/mol. The van der Waals surface area contributed by atoms with E-state index < -0.39 is 33.9 Å². The fourth-order valence-corrected chi connectivity index (χ4v) is 7.87. The number of likely N-dealkylation sites (tertiary alicyclic amines) is 1. The van der Waals surface area contributed by atoms with E-state index in [1.165, 1.54) is 17.0 Å². The second-order valence-electron chi connectivity index (χ2n) is 10.2. The Hall–Kier alpha value is -2.50. The molecule has 0 radical (unpaired) electrons. The number of piperazine rings is 1. The Labute approximate surface area is 216 Å². The molecule has 3 atom stereocenters. The maximum absolute atomic E-state index is 13.5. The fraction of sp³-hybridized carbons (Fsp3) is 0.560. The van der Waals surface area contributed by atoms with Gasteiger partial charge in [-0.05, 0) is 24.5 Å². The van der Waals surface area contributed by atoms with Crippen LogP contribution in [0.25, 0.3) is 0 Å². The predicted octanol–water partition coefficient (Wildman–Crippen LogP) is 2.12. The minimum atomic E-state index is -3.70. The van der Waals surface area contributed by atoms with E-state index in [0.29, 0.717) is 25.2 Å². The summed E-state index contributed by atoms with van der Waals surface area (Å²) in [5.41, 5.74) is 1.62. The summed E-state index contributed by atoms with van der Waals surface area (Å²) < 4.78 is 25.8. The Morgan fingerprint density at radius 3 is 2.44 bits per heavy atom. The minimum absolute atomic E-state index is 0.0781. The van der Waals surface area contributed by atoms with Crippen LogP contribution in [-0.2, 0) is 21.4 Å². The fourth-order valence-electron chi connectivity index (χ4n) is 5.89. The third-order valence-electron chi connectivity index (χ3n) is 7.55. The highest BCUT2D eigenvalue weighted by molar-refractivity contribution is 7.88. The van der Waals surface area contributed by atoms with Crippen LogP contribution in [0.4, 0.5) is 5.69 Å². The molecule has 1 aromatic heterocycles. The molecule has 11 heteroatoms. The van der Waals surface area contributed by atoms with Gasteiger partial charge in [-0.2, -0.15) is 0 Å². The molecular formula is C25H33N5O4S2. The summed E-state index contributed by atoms with van der Waals surface area (Å²) in [5.74, 6) is -1.22. The number of carbonyl (C=O) groups excluding carboxylic acids is 2. The Morgan fingerprint density at radius 2 is 1.81 bits per heavy atom. The molecule has 1 aromatic carbocycles. The molecule has 0 unspecified atom stereocenters. The number of aromatic nitrogens is 1. The first-order valence-electron chi connectivity index (χ1n) is 12.5. The van der Waals surface area contributed by atoms with Crippen molar-refractivity contribution in [2.24, 2.45) is 11.8 Å². The van der Waals surface area contributed by atoms with Crippen molar-refractivity contribution in [1.82, 2.24) is 19.1 Å². The first-order chi connectivity index (χ1) is 17.1. The summed E-state index contributed by atoms with van der Waals surface area (Å²) in [6.45, 7) is 8.67. The van der Waals surface area contributed by atoms with Gasteiger partial charge >= 0.3 is 0 Å². The summed E-state index contributed by atoms with van der Waals surface area (Å²) in [5, 5.41) is 2.68. The lowest BCUT2D eigenvalue weighted by molar-refractivity contribution is -0.129. The van der Waals surface area contributed by atoms with Crippen molar-refractivity contribution in [2.45, 2.75) is 38.9 Å². The number of anilines is 1. The summed E-state index contributed by atoms with van der Waals surface area (Å²) in [7, 11) is -3.70. The molecule has 36 heavy (non-hydrogen) atoms. The quantitative estimate of drug-likeness (QED) is 0.564. The van der Waals surface area contributed by atoms with Crippen LogP contribution in [0, 0.1) is 11.8 Å². The molecule has 9 nitrogen and oxygen atoms in total. The Kier molecular flexibility index (Phi) is 6.82. The number of carbonyl (C=O) groups is 2. The molecule has 0 bridgehead atoms. The van der Waals surface area contributed by atoms with Crippen LogP contribution in [-0.4, -0.2) is 90.4 Å². The van der Waals surface area contributed by atoms with Gasteiger partial charge < -0.3 is 9.80 Å². The lowest BCUT2D eigenvalue weighted by atomic mass is 9.88. The van der Waals surface area contributed by atoms with Gasteiger partial charge in [-0.1, -0.05) is 32.0 Å². The zero-order chi connectivity index (χ0) is 25.6. The number of sulfonamides is 1. The molecule has 3 saturated heterocycles. The van der Waals surface area contributed by atoms with Crippen molar-refractivity contribution in [3.05, 3.63) is 46.4 Å². The van der Waals surface area contributed by atoms with E-state index in [-0.39, 0.29) is 11.8 Å². The Morgan fingerprint density at radius 1 is 1.11 bits per heavy atom. The van der Waals surface area contributed by atoms with E-state index in [1.54, 1.807) is 10.3 Å². The van der Waals surface area contributed by atoms with Crippen molar-refractivity contribution in [2.75, 3.05) is 43.9 Å². The Balaban J connectivity index is 1.25. The number of para-hydroxylation sites is 1. The molecule has 0 N–H and O–H groups in total. The van der Waals surface area contributed by atoms with E-state index in [2.05, 4.69) is 39.0 Å². The maximum atomic E-state index is 13.5. The summed E-state index contributed by atoms with van der Waals surface area (Å²) in [6, 6.07) is 9.46. The highest BCUT2D eigenvalue weighted by atomic mass is 32.2. The van der Waals surface area contributed by atoms with Gasteiger partial charge in [-0.25, -0.2) is 17.7 Å². The third-order valence-corrected chi connectivity index (χ3v) is 9.55. The number of fused-ring (bicyclic) bond motifs is 1. The molecule has 2 aromatic rings. The van der Waals surface area contributed by atoms with Gasteiger partial charge in [0.2, 0.25) is 15.9 Å². The molecule has 4 heterocycles. The van der Waals surface area contributed by atoms with Crippen molar-refractivity contribution in [1.29, 1.82) is 0 Å². The van der Waals surface area contributed by atoms with Crippen LogP contribution in [0.5, 0.6) is 0 Å². The molecule has 0 aliphatic carbocycles. The molecule has 2 amide bonds. The van der Waals surface area contributed by atoms with Crippen LogP contribution < -0.4 is 4.90 Å². The number of rotatable bonds is 6. The van der Waals surface area contributed by atoms with Gasteiger partial charge in [-0.3, -0.25) is 14.5 Å². The molecule has 194 valence electrons. The Bertz CT molecular complexity index is 1220. The average Bonchev–Trinajstić information content (AvgIpc) is 3.53. The van der Waals surface area contributed by atoms with Crippen molar-refractivity contribution < 1.29 is 18.0 Å². The number of hydrogen-bond donors (Lipinski definition) is 0. The second kappa shape index (κ2) is 9.75. The normalized spacial score (nSPS) is 25.2. The van der Waals surface area contributed by atoms with E-state index in [4.69, 9.17) is 0 Å². The zero-order valence-electron chi connectivity index (χ0n) is 20.9. The van der Waals surface area contributed by atoms with Crippen molar-refractivity contribution >= 4 is 38.9 Å². The van der Waals surface area contributed by atoms with Gasteiger partial charge in [0.25, 0.3) is 5.91 Å². The first kappa shape index (κ1) is 25.2. The highest BCUT2D eigenvalue weighted by Crippen LogP contribution is 2.41. The smallest absolute Gasteiger partial charge is 0.273 e. The van der Waals surface area contributed by atoms with Crippen LogP contribution >= 0.6 is 11.3 Å². The molecule has 5 rings (SSSR count). The van der Waals surface area contributed by atoms with Crippen LogP contribution in [0.2, 0.25) is 0 Å². The molecule has 3 aliphatic heterocycles. The van der Waals surface area contributed by atoms with E-state index >= 15 is 0 Å². The van der Waals surface area contributed by atoms with Gasteiger partial charge in [0.1, 0.15) is 10.7 Å². The number of benzene rings is 1. The monoisotopic (exact) mass is 531 g/mol. The number of hydrogen-bond acceptors (Lipinski definition) is 8. The molecule has 0 spiro atoms. The lowest BCUT2D eigenvalue weighted by Gasteiger charge is -2.35. The molecule has 3 aliphatic rings. The van der Waals surface area contributed by atoms with E-state index in [1.807, 2.05) is 19.9 Å². The summed E-state index contributed by atoms with van der Waals surface area (Å²) in [4.78, 5) is 37.6. The molecule has 0 saturated carbocycles. The first-order valence-corrected chi connectivity index (χ1v) is 15.2. The van der Waals surface area contributed by atoms with Gasteiger partial charge in [0.15, 0.2) is 0 Å². The summed E-state index contributed by atoms with van der Waals surface area (Å²) >= 11 is 1.48. The maximum Gasteiger partial charge on any atom is 0.273 e. The highest BCUT2D eigenvalue weighted by Gasteiger charge is 2.58. The number of amides is 2. The van der Waals surface area contributed by atoms with Crippen LogP contribution in [0.15, 0.2) is 35.7 Å².